The number of halogens is 2. The molecule has 5 rings (SSSR count). The van der Waals surface area contributed by atoms with E-state index in [1.54, 1.807) is 35.2 Å². The van der Waals surface area contributed by atoms with Gasteiger partial charge in [-0.25, -0.2) is 14.4 Å². The summed E-state index contributed by atoms with van der Waals surface area (Å²) in [6, 6.07) is 10.3. The molecule has 1 aromatic heterocycles. The second kappa shape index (κ2) is 11.3. The summed E-state index contributed by atoms with van der Waals surface area (Å²) in [6.45, 7) is 8.22. The zero-order valence-electron chi connectivity index (χ0n) is 22.3. The maximum Gasteiger partial charge on any atom is 0.254 e. The van der Waals surface area contributed by atoms with Crippen molar-refractivity contribution in [1.82, 2.24) is 19.8 Å². The first-order valence-corrected chi connectivity index (χ1v) is 13.4. The molecule has 0 radical (unpaired) electrons. The normalized spacial score (nSPS) is 20.2. The van der Waals surface area contributed by atoms with Crippen LogP contribution >= 0.6 is 11.6 Å². The van der Waals surface area contributed by atoms with Crippen LogP contribution in [0.1, 0.15) is 24.2 Å². The van der Waals surface area contributed by atoms with Crippen LogP contribution in [0.4, 0.5) is 27.3 Å². The minimum Gasteiger partial charge on any atom is -0.393 e. The quantitative estimate of drug-likeness (QED) is 0.452. The molecule has 2 fully saturated rings. The van der Waals surface area contributed by atoms with Crippen molar-refractivity contribution in [2.75, 3.05) is 62.3 Å². The summed E-state index contributed by atoms with van der Waals surface area (Å²) >= 11 is 6.12. The Morgan fingerprint density at radius 1 is 1.08 bits per heavy atom. The van der Waals surface area contributed by atoms with Crippen molar-refractivity contribution in [1.29, 1.82) is 0 Å². The van der Waals surface area contributed by atoms with Gasteiger partial charge in [-0.1, -0.05) is 23.7 Å². The number of nitrogen functional groups attached to an aromatic ring is 1. The van der Waals surface area contributed by atoms with E-state index in [0.717, 1.165) is 26.2 Å². The summed E-state index contributed by atoms with van der Waals surface area (Å²) in [7, 11) is 2.07. The number of carbonyl (C=O) groups is 1. The number of anilines is 4. The summed E-state index contributed by atoms with van der Waals surface area (Å²) < 4.78 is 21.4. The number of nitrogens with zero attached hydrogens (tertiary/aromatic N) is 5. The van der Waals surface area contributed by atoms with Crippen molar-refractivity contribution in [3.63, 3.8) is 0 Å². The molecule has 0 spiro atoms. The second-order valence-electron chi connectivity index (χ2n) is 10.2. The van der Waals surface area contributed by atoms with Crippen molar-refractivity contribution >= 4 is 40.4 Å². The zero-order valence-corrected chi connectivity index (χ0v) is 23.1. The van der Waals surface area contributed by atoms with E-state index >= 15 is 4.39 Å². The summed E-state index contributed by atoms with van der Waals surface area (Å²) in [5.41, 5.74) is 9.28. The van der Waals surface area contributed by atoms with Crippen molar-refractivity contribution in [2.45, 2.75) is 26.1 Å². The predicted octanol–water partition coefficient (Wildman–Crippen LogP) is 4.26. The molecule has 3 heterocycles. The lowest BCUT2D eigenvalue weighted by Crippen LogP contribution is -2.48. The molecule has 2 aliphatic heterocycles. The Morgan fingerprint density at radius 2 is 1.74 bits per heavy atom. The Bertz CT molecular complexity index is 1340. The van der Waals surface area contributed by atoms with E-state index in [1.165, 1.54) is 12.4 Å². The Labute approximate surface area is 232 Å². The van der Waals surface area contributed by atoms with E-state index < -0.39 is 0 Å². The lowest BCUT2D eigenvalue weighted by atomic mass is 10.0. The fourth-order valence-electron chi connectivity index (χ4n) is 5.11. The number of benzene rings is 2. The average molecular weight is 554 g/mol. The number of carbonyl (C=O) groups excluding carboxylic acids is 1. The maximum absolute atomic E-state index is 15.6. The molecule has 39 heavy (non-hydrogen) atoms. The molecule has 0 unspecified atom stereocenters. The van der Waals surface area contributed by atoms with Crippen LogP contribution in [-0.2, 0) is 4.74 Å². The van der Waals surface area contributed by atoms with Crippen LogP contribution < -0.4 is 16.0 Å². The zero-order chi connectivity index (χ0) is 27.7. The van der Waals surface area contributed by atoms with Gasteiger partial charge in [0.15, 0.2) is 11.0 Å². The van der Waals surface area contributed by atoms with E-state index in [-0.39, 0.29) is 34.8 Å². The standard InChI is InChI=1S/C28H33ClFN7O2/c1-17-14-37(15-18(2)39-17)28(38)20-6-4-19(5-7-20)21-12-23(34-27-25(31)26(29)32-16-33-27)24(13-22(21)30)36-10-8-35(3)9-11-36/h4-7,12-13,16-18H,8-11,14-15,31H2,1-3H3,(H,32,33,34)/t17-,18+. The van der Waals surface area contributed by atoms with Gasteiger partial charge in [-0.2, -0.15) is 0 Å². The number of rotatable bonds is 5. The molecular formula is C28H33ClFN7O2. The first-order chi connectivity index (χ1) is 18.7. The van der Waals surface area contributed by atoms with E-state index in [4.69, 9.17) is 22.1 Å². The van der Waals surface area contributed by atoms with Crippen LogP contribution in [0.3, 0.4) is 0 Å². The Balaban J connectivity index is 1.47. The van der Waals surface area contributed by atoms with Gasteiger partial charge in [0.1, 0.15) is 17.8 Å². The van der Waals surface area contributed by atoms with Crippen LogP contribution in [0.25, 0.3) is 11.1 Å². The third-order valence-electron chi connectivity index (χ3n) is 7.17. The lowest BCUT2D eigenvalue weighted by Gasteiger charge is -2.35. The Kier molecular flexibility index (Phi) is 7.88. The first-order valence-electron chi connectivity index (χ1n) is 13.0. The summed E-state index contributed by atoms with van der Waals surface area (Å²) in [5, 5.41) is 3.39. The SMILES string of the molecule is C[C@@H]1CN(C(=O)c2ccc(-c3cc(Nc4ncnc(Cl)c4N)c(N4CCN(C)CC4)cc3F)cc2)C[C@H](C)O1. The Morgan fingerprint density at radius 3 is 2.41 bits per heavy atom. The van der Waals surface area contributed by atoms with E-state index in [1.807, 2.05) is 13.8 Å². The maximum atomic E-state index is 15.6. The van der Waals surface area contributed by atoms with Crippen molar-refractivity contribution in [2.24, 2.45) is 0 Å². The monoisotopic (exact) mass is 553 g/mol. The molecule has 2 aliphatic rings. The number of hydrogen-bond acceptors (Lipinski definition) is 8. The van der Waals surface area contributed by atoms with Crippen molar-refractivity contribution in [3.05, 3.63) is 59.3 Å². The average Bonchev–Trinajstić information content (AvgIpc) is 2.91. The predicted molar refractivity (Wildman–Crippen MR) is 152 cm³/mol. The van der Waals surface area contributed by atoms with Crippen LogP contribution in [0.15, 0.2) is 42.7 Å². The summed E-state index contributed by atoms with van der Waals surface area (Å²) in [5.74, 6) is -0.0798. The van der Waals surface area contributed by atoms with Gasteiger partial charge in [0.2, 0.25) is 0 Å². The minimum atomic E-state index is -0.363. The number of hydrogen-bond donors (Lipinski definition) is 2. The van der Waals surface area contributed by atoms with Gasteiger partial charge in [-0.05, 0) is 50.7 Å². The van der Waals surface area contributed by atoms with Gasteiger partial charge in [0.25, 0.3) is 5.91 Å². The molecule has 2 aromatic carbocycles. The number of nitrogens with one attached hydrogen (secondary N) is 1. The molecule has 0 saturated carbocycles. The fourth-order valence-corrected chi connectivity index (χ4v) is 5.25. The second-order valence-corrected chi connectivity index (χ2v) is 10.6. The van der Waals surface area contributed by atoms with Gasteiger partial charge < -0.3 is 30.5 Å². The highest BCUT2D eigenvalue weighted by Gasteiger charge is 2.27. The molecule has 0 aliphatic carbocycles. The number of piperazine rings is 1. The summed E-state index contributed by atoms with van der Waals surface area (Å²) in [4.78, 5) is 27.4. The van der Waals surface area contributed by atoms with E-state index in [2.05, 4.69) is 32.1 Å². The molecule has 1 amide bonds. The molecule has 206 valence electrons. The number of amides is 1. The van der Waals surface area contributed by atoms with Crippen LogP contribution in [0.5, 0.6) is 0 Å². The topological polar surface area (TPSA) is 99.8 Å². The number of morpholine rings is 1. The van der Waals surface area contributed by atoms with E-state index in [0.29, 0.717) is 47.0 Å². The van der Waals surface area contributed by atoms with Crippen LogP contribution in [0.2, 0.25) is 5.15 Å². The smallest absolute Gasteiger partial charge is 0.254 e. The number of aromatic nitrogens is 2. The largest absolute Gasteiger partial charge is 0.393 e. The summed E-state index contributed by atoms with van der Waals surface area (Å²) in [6.07, 6.45) is 1.29. The molecule has 2 atom stereocenters. The third kappa shape index (κ3) is 5.93. The molecular weight excluding hydrogens is 521 g/mol. The number of nitrogens with two attached hydrogens (primary N) is 1. The molecule has 3 N–H and O–H groups in total. The van der Waals surface area contributed by atoms with Crippen LogP contribution in [0, 0.1) is 5.82 Å². The van der Waals surface area contributed by atoms with Crippen LogP contribution in [-0.4, -0.2) is 84.2 Å². The van der Waals surface area contributed by atoms with E-state index in [9.17, 15) is 4.79 Å². The van der Waals surface area contributed by atoms with Gasteiger partial charge in [0.05, 0.1) is 23.6 Å². The highest BCUT2D eigenvalue weighted by atomic mass is 35.5. The van der Waals surface area contributed by atoms with Gasteiger partial charge in [-0.3, -0.25) is 4.79 Å². The highest BCUT2D eigenvalue weighted by molar-refractivity contribution is 6.32. The third-order valence-corrected chi connectivity index (χ3v) is 7.47. The molecule has 11 heteroatoms. The fraction of sp³-hybridized carbons (Fsp3) is 0.393. The lowest BCUT2D eigenvalue weighted by molar-refractivity contribution is -0.0586. The number of likely N-dealkylation sites (N-methyl/N-ethyl adjacent to an activating group) is 1. The minimum absolute atomic E-state index is 0.0189. The van der Waals surface area contributed by atoms with Crippen molar-refractivity contribution < 1.29 is 13.9 Å². The molecule has 0 bridgehead atoms. The first kappa shape index (κ1) is 27.1. The molecule has 3 aromatic rings. The molecule has 9 nitrogen and oxygen atoms in total. The van der Waals surface area contributed by atoms with Gasteiger partial charge in [0, 0.05) is 50.4 Å². The number of ether oxygens (including phenoxy) is 1. The molecule has 2 saturated heterocycles. The Hall–Kier alpha value is -3.47. The van der Waals surface area contributed by atoms with Gasteiger partial charge >= 0.3 is 0 Å². The van der Waals surface area contributed by atoms with Crippen molar-refractivity contribution in [3.8, 4) is 11.1 Å². The van der Waals surface area contributed by atoms with Gasteiger partial charge in [-0.15, -0.1) is 0 Å². The highest BCUT2D eigenvalue weighted by Crippen LogP contribution is 2.37.